The van der Waals surface area contributed by atoms with E-state index in [1.54, 1.807) is 31.2 Å². The van der Waals surface area contributed by atoms with Crippen LogP contribution in [-0.4, -0.2) is 21.8 Å². The van der Waals surface area contributed by atoms with E-state index in [1.807, 2.05) is 36.4 Å². The first-order valence-corrected chi connectivity index (χ1v) is 9.23. The molecule has 1 aliphatic rings. The van der Waals surface area contributed by atoms with Gasteiger partial charge in [-0.15, -0.1) is 10.3 Å². The van der Waals surface area contributed by atoms with Crippen LogP contribution in [0.1, 0.15) is 19.8 Å². The molecule has 1 N–H and O–H groups in total. The lowest BCUT2D eigenvalue weighted by Gasteiger charge is -2.38. The highest BCUT2D eigenvalue weighted by molar-refractivity contribution is 7.80. The first kappa shape index (κ1) is 16.4. The van der Waals surface area contributed by atoms with Gasteiger partial charge in [0, 0.05) is 10.6 Å². The Hall–Kier alpha value is -1.49. The third kappa shape index (κ3) is 2.45. The zero-order valence-corrected chi connectivity index (χ0v) is 13.7. The molecule has 2 aromatic carbocycles. The molecule has 1 saturated heterocycles. The van der Waals surface area contributed by atoms with E-state index < -0.39 is 18.6 Å². The van der Waals surface area contributed by atoms with Gasteiger partial charge in [0.2, 0.25) is 0 Å². The minimum Gasteiger partial charge on any atom is -0.312 e. The average molecular weight is 332 g/mol. The highest BCUT2D eigenvalue weighted by Gasteiger charge is 2.57. The molecule has 2 unspecified atom stereocenters. The topological polar surface area (TPSA) is 69.7 Å². The second-order valence-electron chi connectivity index (χ2n) is 5.92. The summed E-state index contributed by atoms with van der Waals surface area (Å²) < 4.78 is 14.2. The fraction of sp³-hybridized carbons (Fsp3) is 0.294. The first-order valence-electron chi connectivity index (χ1n) is 7.52. The molecule has 0 aliphatic carbocycles. The van der Waals surface area contributed by atoms with Gasteiger partial charge in [0.1, 0.15) is 5.28 Å². The zero-order valence-electron chi connectivity index (χ0n) is 12.8. The number of benzene rings is 2. The monoisotopic (exact) mass is 332 g/mol. The third-order valence-corrected chi connectivity index (χ3v) is 8.47. The maximum Gasteiger partial charge on any atom is 0.172 e. The number of rotatable bonds is 4. The predicted molar refractivity (Wildman–Crippen MR) is 87.4 cm³/mol. The molecule has 1 aliphatic heterocycles. The van der Waals surface area contributed by atoms with Gasteiger partial charge >= 0.3 is 0 Å². The normalized spacial score (nSPS) is 25.6. The second kappa shape index (κ2) is 6.19. The number of hydrogen-bond acceptors (Lipinski definition) is 4. The first-order chi connectivity index (χ1) is 11.0. The largest absolute Gasteiger partial charge is 0.312 e. The van der Waals surface area contributed by atoms with Gasteiger partial charge in [-0.25, -0.2) is 4.89 Å². The van der Waals surface area contributed by atoms with Gasteiger partial charge in [-0.05, 0) is 19.8 Å². The van der Waals surface area contributed by atoms with Crippen molar-refractivity contribution >= 4 is 17.8 Å². The Morgan fingerprint density at radius 3 is 1.96 bits per heavy atom. The van der Waals surface area contributed by atoms with E-state index in [1.165, 1.54) is 0 Å². The number of nitrogens with zero attached hydrogens (tertiary/aromatic N) is 1. The number of hydroxylamine groups is 2. The lowest BCUT2D eigenvalue weighted by Crippen LogP contribution is -2.46. The smallest absolute Gasteiger partial charge is 0.172 e. The maximum atomic E-state index is 14.2. The molecule has 2 atom stereocenters. The van der Waals surface area contributed by atoms with Gasteiger partial charge in [0.05, 0.1) is 0 Å². The summed E-state index contributed by atoms with van der Waals surface area (Å²) in [6.07, 6.45) is -0.274. The molecular formula is C17H19NO4P. The minimum atomic E-state index is -3.27. The Morgan fingerprint density at radius 1 is 1.09 bits per heavy atom. The van der Waals surface area contributed by atoms with Crippen LogP contribution in [0.4, 0.5) is 0 Å². The van der Waals surface area contributed by atoms with Gasteiger partial charge in [-0.3, -0.25) is 5.26 Å². The molecule has 23 heavy (non-hydrogen) atoms. The summed E-state index contributed by atoms with van der Waals surface area (Å²) >= 11 is 0. The van der Waals surface area contributed by atoms with Gasteiger partial charge in [0.15, 0.2) is 13.4 Å². The lowest BCUT2D eigenvalue weighted by atomic mass is 10.2. The van der Waals surface area contributed by atoms with Crippen molar-refractivity contribution < 1.29 is 19.9 Å². The quantitative estimate of drug-likeness (QED) is 0.531. The second-order valence-corrected chi connectivity index (χ2v) is 9.14. The van der Waals surface area contributed by atoms with Crippen molar-refractivity contribution in [3.8, 4) is 0 Å². The summed E-state index contributed by atoms with van der Waals surface area (Å²) in [5, 5.41) is 22.4. The molecule has 5 nitrogen and oxygen atoms in total. The summed E-state index contributed by atoms with van der Waals surface area (Å²) in [5.74, 6) is 0. The Morgan fingerprint density at radius 2 is 1.57 bits per heavy atom. The summed E-state index contributed by atoms with van der Waals surface area (Å²) in [5.41, 5.74) is 0. The Labute approximate surface area is 135 Å². The zero-order chi connectivity index (χ0) is 16.5. The molecule has 121 valence electrons. The van der Waals surface area contributed by atoms with Crippen LogP contribution < -0.4 is 10.6 Å². The molecule has 0 saturated carbocycles. The molecule has 6 heteroatoms. The average Bonchev–Trinajstić information content (AvgIpc) is 2.92. The number of hydrogen-bond donors (Lipinski definition) is 1. The summed E-state index contributed by atoms with van der Waals surface area (Å²) in [7, 11) is -3.27. The molecule has 0 aromatic heterocycles. The molecule has 0 spiro atoms. The maximum absolute atomic E-state index is 14.2. The Bertz CT molecular complexity index is 666. The molecule has 1 heterocycles. The molecular weight excluding hydrogens is 313 g/mol. The van der Waals surface area contributed by atoms with E-state index in [0.29, 0.717) is 28.5 Å². The molecule has 0 amide bonds. The van der Waals surface area contributed by atoms with Crippen LogP contribution in [0.2, 0.25) is 0 Å². The van der Waals surface area contributed by atoms with Crippen molar-refractivity contribution in [3.05, 3.63) is 60.7 Å². The predicted octanol–water partition coefficient (Wildman–Crippen LogP) is 2.97. The molecule has 1 fully saturated rings. The van der Waals surface area contributed by atoms with Crippen LogP contribution in [-0.2, 0) is 14.7 Å². The van der Waals surface area contributed by atoms with E-state index in [9.17, 15) is 9.77 Å². The van der Waals surface area contributed by atoms with Gasteiger partial charge in [-0.2, -0.15) is 0 Å². The Kier molecular flexibility index (Phi) is 4.41. The van der Waals surface area contributed by atoms with Crippen LogP contribution in [0.5, 0.6) is 0 Å². The fourth-order valence-electron chi connectivity index (χ4n) is 3.31. The highest BCUT2D eigenvalue weighted by Crippen LogP contribution is 2.62. The SMILES string of the molecule is CC1(P(=O)(c2ccccc2)c2ccccc2)CCC(OO)N1[O]. The molecule has 2 aromatic rings. The molecule has 0 bridgehead atoms. The van der Waals surface area contributed by atoms with Crippen molar-refractivity contribution in [2.45, 2.75) is 31.3 Å². The van der Waals surface area contributed by atoms with E-state index >= 15 is 0 Å². The van der Waals surface area contributed by atoms with Crippen LogP contribution in [0, 0.1) is 0 Å². The van der Waals surface area contributed by atoms with Crippen molar-refractivity contribution in [3.63, 3.8) is 0 Å². The fourth-order valence-corrected chi connectivity index (χ4v) is 6.75. The summed E-state index contributed by atoms with van der Waals surface area (Å²) in [6, 6.07) is 18.1. The van der Waals surface area contributed by atoms with E-state index in [4.69, 9.17) is 5.26 Å². The van der Waals surface area contributed by atoms with Crippen LogP contribution >= 0.6 is 7.14 Å². The Balaban J connectivity index is 2.20. The van der Waals surface area contributed by atoms with Crippen LogP contribution in [0.15, 0.2) is 60.7 Å². The van der Waals surface area contributed by atoms with Crippen LogP contribution in [0.25, 0.3) is 0 Å². The van der Waals surface area contributed by atoms with Crippen molar-refractivity contribution in [2.24, 2.45) is 0 Å². The van der Waals surface area contributed by atoms with Crippen molar-refractivity contribution in [2.75, 3.05) is 0 Å². The molecule has 1 radical (unpaired) electrons. The van der Waals surface area contributed by atoms with Gasteiger partial charge < -0.3 is 4.57 Å². The summed E-state index contributed by atoms with van der Waals surface area (Å²) in [6.45, 7) is 1.69. The standard InChI is InChI=1S/C17H19NO4P/c1-17(13-12-16(22-20)18(17)19)23(21,14-8-4-2-5-9-14)15-10-6-3-7-11-15/h2-11,16,20H,12-13H2,1H3. The van der Waals surface area contributed by atoms with Crippen molar-refractivity contribution in [1.82, 2.24) is 5.06 Å². The van der Waals surface area contributed by atoms with Crippen molar-refractivity contribution in [1.29, 1.82) is 0 Å². The van der Waals surface area contributed by atoms with E-state index in [-0.39, 0.29) is 0 Å². The molecule has 3 rings (SSSR count). The lowest BCUT2D eigenvalue weighted by molar-refractivity contribution is -0.371. The van der Waals surface area contributed by atoms with Crippen LogP contribution in [0.3, 0.4) is 0 Å². The van der Waals surface area contributed by atoms with E-state index in [0.717, 1.165) is 0 Å². The summed E-state index contributed by atoms with van der Waals surface area (Å²) in [4.78, 5) is 4.28. The highest BCUT2D eigenvalue weighted by atomic mass is 31.2. The van der Waals surface area contributed by atoms with Gasteiger partial charge in [-0.1, -0.05) is 60.7 Å². The third-order valence-electron chi connectivity index (χ3n) is 4.64. The van der Waals surface area contributed by atoms with E-state index in [2.05, 4.69) is 4.89 Å². The minimum absolute atomic E-state index is 0.333. The van der Waals surface area contributed by atoms with Gasteiger partial charge in [0.25, 0.3) is 0 Å².